The van der Waals surface area contributed by atoms with Crippen molar-refractivity contribution in [3.63, 3.8) is 0 Å². The molecule has 1 aromatic heterocycles. The fourth-order valence-electron chi connectivity index (χ4n) is 2.06. The molecule has 1 N–H and O–H groups in total. The molecule has 0 amide bonds. The zero-order valence-electron chi connectivity index (χ0n) is 10.7. The van der Waals surface area contributed by atoms with E-state index >= 15 is 0 Å². The first-order valence-corrected chi connectivity index (χ1v) is 5.96. The van der Waals surface area contributed by atoms with Gasteiger partial charge in [-0.05, 0) is 6.92 Å². The summed E-state index contributed by atoms with van der Waals surface area (Å²) in [5.41, 5.74) is 0. The normalized spacial score (nSPS) is 21.1. The van der Waals surface area contributed by atoms with Gasteiger partial charge in [0.05, 0.1) is 26.2 Å². The lowest BCUT2D eigenvalue weighted by Gasteiger charge is -2.34. The molecule has 0 spiro atoms. The standard InChI is InChI=1S/C11H18N4O3/c1-8-12-13-10(14(8)2)6-15-3-4-18-7-9(15)5-11(16)17/h9H,3-7H2,1-2H3,(H,16,17). The van der Waals surface area contributed by atoms with E-state index in [9.17, 15) is 4.79 Å². The third kappa shape index (κ3) is 2.85. The van der Waals surface area contributed by atoms with Crippen LogP contribution in [0, 0.1) is 6.92 Å². The summed E-state index contributed by atoms with van der Waals surface area (Å²) in [6.45, 7) is 4.32. The first kappa shape index (κ1) is 13.0. The van der Waals surface area contributed by atoms with Crippen molar-refractivity contribution in [2.24, 2.45) is 7.05 Å². The maximum Gasteiger partial charge on any atom is 0.305 e. The van der Waals surface area contributed by atoms with Crippen LogP contribution in [0.15, 0.2) is 0 Å². The SMILES string of the molecule is Cc1nnc(CN2CCOCC2CC(=O)O)n1C. The van der Waals surface area contributed by atoms with Crippen LogP contribution in [0.5, 0.6) is 0 Å². The van der Waals surface area contributed by atoms with Gasteiger partial charge in [0.15, 0.2) is 0 Å². The highest BCUT2D eigenvalue weighted by Crippen LogP contribution is 2.14. The minimum atomic E-state index is -0.801. The molecule has 1 aliphatic heterocycles. The van der Waals surface area contributed by atoms with Gasteiger partial charge in [-0.25, -0.2) is 0 Å². The van der Waals surface area contributed by atoms with Crippen LogP contribution in [0.4, 0.5) is 0 Å². The van der Waals surface area contributed by atoms with Crippen LogP contribution in [-0.2, 0) is 23.1 Å². The van der Waals surface area contributed by atoms with E-state index in [0.717, 1.165) is 18.2 Å². The fourth-order valence-corrected chi connectivity index (χ4v) is 2.06. The number of nitrogens with zero attached hydrogens (tertiary/aromatic N) is 4. The van der Waals surface area contributed by atoms with Crippen molar-refractivity contribution in [3.05, 3.63) is 11.6 Å². The molecule has 1 aliphatic rings. The zero-order chi connectivity index (χ0) is 13.1. The molecule has 2 heterocycles. The van der Waals surface area contributed by atoms with Crippen LogP contribution >= 0.6 is 0 Å². The summed E-state index contributed by atoms with van der Waals surface area (Å²) < 4.78 is 7.26. The maximum absolute atomic E-state index is 10.8. The van der Waals surface area contributed by atoms with E-state index in [1.807, 2.05) is 18.5 Å². The molecular weight excluding hydrogens is 236 g/mol. The minimum Gasteiger partial charge on any atom is -0.481 e. The molecule has 100 valence electrons. The predicted molar refractivity (Wildman–Crippen MR) is 63.0 cm³/mol. The first-order chi connectivity index (χ1) is 8.58. The van der Waals surface area contributed by atoms with Gasteiger partial charge in [-0.3, -0.25) is 9.69 Å². The summed E-state index contributed by atoms with van der Waals surface area (Å²) in [6.07, 6.45) is 0.0941. The van der Waals surface area contributed by atoms with Gasteiger partial charge < -0.3 is 14.4 Å². The number of carboxylic acid groups (broad SMARTS) is 1. The molecule has 1 unspecified atom stereocenters. The maximum atomic E-state index is 10.8. The summed E-state index contributed by atoms with van der Waals surface area (Å²) in [7, 11) is 1.91. The molecule has 2 rings (SSSR count). The number of hydrogen-bond acceptors (Lipinski definition) is 5. The van der Waals surface area contributed by atoms with E-state index in [4.69, 9.17) is 9.84 Å². The Morgan fingerprint density at radius 3 is 2.94 bits per heavy atom. The highest BCUT2D eigenvalue weighted by Gasteiger charge is 2.26. The highest BCUT2D eigenvalue weighted by atomic mass is 16.5. The molecule has 0 aromatic carbocycles. The molecule has 0 radical (unpaired) electrons. The predicted octanol–water partition coefficient (Wildman–Crippen LogP) is -0.201. The topological polar surface area (TPSA) is 80.5 Å². The Hall–Kier alpha value is -1.47. The smallest absolute Gasteiger partial charge is 0.305 e. The van der Waals surface area contributed by atoms with Gasteiger partial charge in [-0.2, -0.15) is 0 Å². The van der Waals surface area contributed by atoms with E-state index in [2.05, 4.69) is 15.1 Å². The largest absolute Gasteiger partial charge is 0.481 e. The van der Waals surface area contributed by atoms with Crippen molar-refractivity contribution in [2.75, 3.05) is 19.8 Å². The lowest BCUT2D eigenvalue weighted by Crippen LogP contribution is -2.46. The number of ether oxygens (including phenoxy) is 1. The van der Waals surface area contributed by atoms with Crippen LogP contribution < -0.4 is 0 Å². The molecule has 18 heavy (non-hydrogen) atoms. The molecule has 1 fully saturated rings. The Balaban J connectivity index is 2.05. The molecule has 0 aliphatic carbocycles. The molecule has 7 heteroatoms. The van der Waals surface area contributed by atoms with E-state index in [1.165, 1.54) is 0 Å². The van der Waals surface area contributed by atoms with Gasteiger partial charge >= 0.3 is 5.97 Å². The third-order valence-corrected chi connectivity index (χ3v) is 3.29. The quantitative estimate of drug-likeness (QED) is 0.801. The summed E-state index contributed by atoms with van der Waals surface area (Å²) in [4.78, 5) is 12.9. The monoisotopic (exact) mass is 254 g/mol. The van der Waals surface area contributed by atoms with Gasteiger partial charge in [-0.1, -0.05) is 0 Å². The van der Waals surface area contributed by atoms with Gasteiger partial charge in [0.2, 0.25) is 0 Å². The van der Waals surface area contributed by atoms with E-state index < -0.39 is 5.97 Å². The van der Waals surface area contributed by atoms with Crippen LogP contribution in [0.2, 0.25) is 0 Å². The second kappa shape index (κ2) is 5.45. The number of carbonyl (C=O) groups is 1. The molecule has 1 atom stereocenters. The number of aryl methyl sites for hydroxylation is 1. The second-order valence-corrected chi connectivity index (χ2v) is 4.52. The molecule has 1 saturated heterocycles. The summed E-state index contributed by atoms with van der Waals surface area (Å²) in [5, 5.41) is 17.0. The molecule has 0 saturated carbocycles. The van der Waals surface area contributed by atoms with Gasteiger partial charge in [-0.15, -0.1) is 10.2 Å². The number of aliphatic carboxylic acids is 1. The van der Waals surface area contributed by atoms with Gasteiger partial charge in [0.25, 0.3) is 0 Å². The van der Waals surface area contributed by atoms with Gasteiger partial charge in [0, 0.05) is 19.6 Å². The van der Waals surface area contributed by atoms with Crippen molar-refractivity contribution in [2.45, 2.75) is 25.9 Å². The third-order valence-electron chi connectivity index (χ3n) is 3.29. The Morgan fingerprint density at radius 1 is 1.56 bits per heavy atom. The van der Waals surface area contributed by atoms with Crippen LogP contribution in [0.25, 0.3) is 0 Å². The number of aromatic nitrogens is 3. The number of morpholine rings is 1. The Labute approximate surface area is 105 Å². The summed E-state index contributed by atoms with van der Waals surface area (Å²) in [6, 6.07) is -0.0896. The lowest BCUT2D eigenvalue weighted by molar-refractivity contribution is -0.140. The number of rotatable bonds is 4. The second-order valence-electron chi connectivity index (χ2n) is 4.52. The lowest BCUT2D eigenvalue weighted by atomic mass is 10.1. The van der Waals surface area contributed by atoms with E-state index in [-0.39, 0.29) is 12.5 Å². The van der Waals surface area contributed by atoms with E-state index in [0.29, 0.717) is 19.8 Å². The van der Waals surface area contributed by atoms with Crippen LogP contribution in [0.3, 0.4) is 0 Å². The molecule has 0 bridgehead atoms. The van der Waals surface area contributed by atoms with Crippen molar-refractivity contribution >= 4 is 5.97 Å². The first-order valence-electron chi connectivity index (χ1n) is 5.96. The minimum absolute atomic E-state index is 0.0896. The van der Waals surface area contributed by atoms with Gasteiger partial charge in [0.1, 0.15) is 11.6 Å². The molecule has 7 nitrogen and oxygen atoms in total. The Kier molecular flexibility index (Phi) is 3.93. The van der Waals surface area contributed by atoms with Crippen molar-refractivity contribution in [1.29, 1.82) is 0 Å². The average molecular weight is 254 g/mol. The van der Waals surface area contributed by atoms with Crippen molar-refractivity contribution in [3.8, 4) is 0 Å². The van der Waals surface area contributed by atoms with Crippen LogP contribution in [-0.4, -0.2) is 56.5 Å². The summed E-state index contributed by atoms with van der Waals surface area (Å²) in [5.74, 6) is 0.905. The Bertz CT molecular complexity index is 432. The Morgan fingerprint density at radius 2 is 2.33 bits per heavy atom. The molecular formula is C11H18N4O3. The fraction of sp³-hybridized carbons (Fsp3) is 0.727. The highest BCUT2D eigenvalue weighted by molar-refractivity contribution is 5.67. The number of carboxylic acids is 1. The zero-order valence-corrected chi connectivity index (χ0v) is 10.7. The number of hydrogen-bond donors (Lipinski definition) is 1. The van der Waals surface area contributed by atoms with E-state index in [1.54, 1.807) is 0 Å². The molecule has 1 aromatic rings. The average Bonchev–Trinajstić information content (AvgIpc) is 2.63. The van der Waals surface area contributed by atoms with Crippen LogP contribution in [0.1, 0.15) is 18.1 Å². The van der Waals surface area contributed by atoms with Crippen molar-refractivity contribution in [1.82, 2.24) is 19.7 Å². The van der Waals surface area contributed by atoms with Crippen molar-refractivity contribution < 1.29 is 14.6 Å². The summed E-state index contributed by atoms with van der Waals surface area (Å²) >= 11 is 0.